The van der Waals surface area contributed by atoms with Crippen LogP contribution >= 0.6 is 15.9 Å². The number of carboxylic acid groups (broad SMARTS) is 1. The van der Waals surface area contributed by atoms with Gasteiger partial charge in [0.25, 0.3) is 0 Å². The molecule has 1 aromatic carbocycles. The van der Waals surface area contributed by atoms with E-state index in [-0.39, 0.29) is 18.6 Å². The molecule has 120 valence electrons. The second-order valence-electron chi connectivity index (χ2n) is 6.22. The van der Waals surface area contributed by atoms with E-state index in [4.69, 9.17) is 0 Å². The van der Waals surface area contributed by atoms with Crippen LogP contribution in [0.4, 0.5) is 4.79 Å². The maximum Gasteiger partial charge on any atom is 0.317 e. The van der Waals surface area contributed by atoms with Crippen molar-refractivity contribution in [3.8, 4) is 0 Å². The number of amides is 2. The van der Waals surface area contributed by atoms with Gasteiger partial charge in [0.1, 0.15) is 0 Å². The minimum Gasteiger partial charge on any atom is -0.481 e. The molecular formula is C16H21BrN2O3. The van der Waals surface area contributed by atoms with Crippen LogP contribution in [0, 0.1) is 5.41 Å². The van der Waals surface area contributed by atoms with Crippen LogP contribution in [0.15, 0.2) is 28.7 Å². The average molecular weight is 369 g/mol. The van der Waals surface area contributed by atoms with Gasteiger partial charge in [-0.2, -0.15) is 0 Å². The summed E-state index contributed by atoms with van der Waals surface area (Å²) in [6.07, 6.45) is 1.24. The Morgan fingerprint density at radius 2 is 2.05 bits per heavy atom. The molecule has 0 aromatic heterocycles. The Hall–Kier alpha value is -1.56. The Kier molecular flexibility index (Phi) is 5.11. The number of halogens is 1. The number of carbonyl (C=O) groups excluding carboxylic acids is 1. The van der Waals surface area contributed by atoms with Gasteiger partial charge in [-0.3, -0.25) is 4.79 Å². The summed E-state index contributed by atoms with van der Waals surface area (Å²) in [5, 5.41) is 12.2. The molecule has 1 heterocycles. The zero-order valence-electron chi connectivity index (χ0n) is 12.8. The number of nitrogens with zero attached hydrogens (tertiary/aromatic N) is 1. The molecule has 2 atom stereocenters. The van der Waals surface area contributed by atoms with Crippen molar-refractivity contribution in [2.75, 3.05) is 13.1 Å². The van der Waals surface area contributed by atoms with Gasteiger partial charge in [-0.05, 0) is 44.4 Å². The third-order valence-electron chi connectivity index (χ3n) is 4.10. The molecule has 0 saturated carbocycles. The fraction of sp³-hybridized carbons (Fsp3) is 0.500. The lowest BCUT2D eigenvalue weighted by atomic mass is 9.90. The number of carboxylic acids is 1. The van der Waals surface area contributed by atoms with E-state index in [9.17, 15) is 14.7 Å². The molecule has 1 fully saturated rings. The van der Waals surface area contributed by atoms with E-state index in [0.717, 1.165) is 16.5 Å². The first-order valence-corrected chi connectivity index (χ1v) is 8.13. The van der Waals surface area contributed by atoms with Gasteiger partial charge >= 0.3 is 12.0 Å². The quantitative estimate of drug-likeness (QED) is 0.858. The van der Waals surface area contributed by atoms with Crippen LogP contribution in [0.3, 0.4) is 0 Å². The number of carbonyl (C=O) groups is 2. The minimum absolute atomic E-state index is 0.00893. The van der Waals surface area contributed by atoms with Crippen LogP contribution < -0.4 is 5.32 Å². The molecule has 1 aliphatic heterocycles. The van der Waals surface area contributed by atoms with Crippen LogP contribution in [0.1, 0.15) is 25.8 Å². The van der Waals surface area contributed by atoms with Gasteiger partial charge in [0.05, 0.1) is 5.41 Å². The second-order valence-corrected chi connectivity index (χ2v) is 7.13. The third-order valence-corrected chi connectivity index (χ3v) is 4.63. The van der Waals surface area contributed by atoms with Gasteiger partial charge in [-0.25, -0.2) is 4.79 Å². The standard InChI is InChI=1S/C16H21BrN2O3/c1-11(9-12-3-5-13(17)6-4-12)18-15(22)19-8-7-16(2,10-19)14(20)21/h3-6,11H,7-10H2,1-2H3,(H,18,22)(H,20,21). The lowest BCUT2D eigenvalue weighted by molar-refractivity contribution is -0.146. The number of likely N-dealkylation sites (tertiary alicyclic amines) is 1. The number of benzene rings is 1. The molecule has 1 aromatic rings. The van der Waals surface area contributed by atoms with Crippen LogP contribution in [-0.2, 0) is 11.2 Å². The number of nitrogens with one attached hydrogen (secondary N) is 1. The smallest absolute Gasteiger partial charge is 0.317 e. The second kappa shape index (κ2) is 6.69. The fourth-order valence-corrected chi connectivity index (χ4v) is 2.90. The van der Waals surface area contributed by atoms with Crippen LogP contribution in [0.25, 0.3) is 0 Å². The van der Waals surface area contributed by atoms with Gasteiger partial charge in [0.2, 0.25) is 0 Å². The van der Waals surface area contributed by atoms with E-state index in [1.165, 1.54) is 0 Å². The first-order chi connectivity index (χ1) is 10.3. The van der Waals surface area contributed by atoms with Crippen molar-refractivity contribution < 1.29 is 14.7 Å². The Labute approximate surface area is 138 Å². The first-order valence-electron chi connectivity index (χ1n) is 7.33. The first kappa shape index (κ1) is 16.8. The molecule has 5 nitrogen and oxygen atoms in total. The predicted molar refractivity (Wildman–Crippen MR) is 87.8 cm³/mol. The molecule has 0 spiro atoms. The highest BCUT2D eigenvalue weighted by Crippen LogP contribution is 2.30. The van der Waals surface area contributed by atoms with Crippen molar-refractivity contribution in [1.82, 2.24) is 10.2 Å². The summed E-state index contributed by atoms with van der Waals surface area (Å²) in [6.45, 7) is 4.39. The number of hydrogen-bond acceptors (Lipinski definition) is 2. The molecular weight excluding hydrogens is 348 g/mol. The lowest BCUT2D eigenvalue weighted by Gasteiger charge is -2.23. The summed E-state index contributed by atoms with van der Waals surface area (Å²) in [5.74, 6) is -0.842. The molecule has 6 heteroatoms. The van der Waals surface area contributed by atoms with E-state index in [1.54, 1.807) is 11.8 Å². The van der Waals surface area contributed by atoms with E-state index in [0.29, 0.717) is 13.0 Å². The Morgan fingerprint density at radius 1 is 1.41 bits per heavy atom. The van der Waals surface area contributed by atoms with E-state index in [2.05, 4.69) is 21.2 Å². The van der Waals surface area contributed by atoms with Crippen molar-refractivity contribution in [3.63, 3.8) is 0 Å². The van der Waals surface area contributed by atoms with Crippen molar-refractivity contribution >= 4 is 27.9 Å². The van der Waals surface area contributed by atoms with Crippen LogP contribution in [0.5, 0.6) is 0 Å². The van der Waals surface area contributed by atoms with Gasteiger partial charge in [0.15, 0.2) is 0 Å². The number of hydrogen-bond donors (Lipinski definition) is 2. The zero-order valence-corrected chi connectivity index (χ0v) is 14.4. The maximum atomic E-state index is 12.2. The van der Waals surface area contributed by atoms with E-state index >= 15 is 0 Å². The summed E-state index contributed by atoms with van der Waals surface area (Å²) >= 11 is 3.39. The van der Waals surface area contributed by atoms with Crippen LogP contribution in [0.2, 0.25) is 0 Å². The molecule has 22 heavy (non-hydrogen) atoms. The lowest BCUT2D eigenvalue weighted by Crippen LogP contribution is -2.44. The number of rotatable bonds is 4. The van der Waals surface area contributed by atoms with Crippen molar-refractivity contribution in [2.24, 2.45) is 5.41 Å². The number of urea groups is 1. The van der Waals surface area contributed by atoms with Crippen molar-refractivity contribution in [3.05, 3.63) is 34.3 Å². The van der Waals surface area contributed by atoms with Crippen LogP contribution in [-0.4, -0.2) is 41.1 Å². The maximum absolute atomic E-state index is 12.2. The fourth-order valence-electron chi connectivity index (χ4n) is 2.64. The monoisotopic (exact) mass is 368 g/mol. The molecule has 0 bridgehead atoms. The van der Waals surface area contributed by atoms with Gasteiger partial charge < -0.3 is 15.3 Å². The largest absolute Gasteiger partial charge is 0.481 e. The van der Waals surface area contributed by atoms with Gasteiger partial charge in [0, 0.05) is 23.6 Å². The minimum atomic E-state index is -0.842. The van der Waals surface area contributed by atoms with Gasteiger partial charge in [-0.15, -0.1) is 0 Å². The highest BCUT2D eigenvalue weighted by atomic mass is 79.9. The van der Waals surface area contributed by atoms with E-state index < -0.39 is 11.4 Å². The third kappa shape index (κ3) is 4.00. The average Bonchev–Trinajstić information content (AvgIpc) is 2.85. The SMILES string of the molecule is CC(Cc1ccc(Br)cc1)NC(=O)N1CCC(C)(C(=O)O)C1. The molecule has 2 unspecified atom stereocenters. The van der Waals surface area contributed by atoms with Crippen molar-refractivity contribution in [2.45, 2.75) is 32.7 Å². The molecule has 1 saturated heterocycles. The molecule has 1 aliphatic rings. The molecule has 2 amide bonds. The molecule has 2 N–H and O–H groups in total. The predicted octanol–water partition coefficient (Wildman–Crippen LogP) is 2.89. The van der Waals surface area contributed by atoms with E-state index in [1.807, 2.05) is 31.2 Å². The Morgan fingerprint density at radius 3 is 2.59 bits per heavy atom. The molecule has 2 rings (SSSR count). The van der Waals surface area contributed by atoms with Crippen molar-refractivity contribution in [1.29, 1.82) is 0 Å². The Balaban J connectivity index is 1.87. The summed E-state index contributed by atoms with van der Waals surface area (Å²) in [4.78, 5) is 25.0. The topological polar surface area (TPSA) is 69.6 Å². The zero-order chi connectivity index (χ0) is 16.3. The summed E-state index contributed by atoms with van der Waals surface area (Å²) in [7, 11) is 0. The summed E-state index contributed by atoms with van der Waals surface area (Å²) in [6, 6.07) is 7.79. The normalized spacial score (nSPS) is 22.4. The molecule has 0 radical (unpaired) electrons. The Bertz CT molecular complexity index is 561. The summed E-state index contributed by atoms with van der Waals surface area (Å²) < 4.78 is 1.03. The number of aliphatic carboxylic acids is 1. The molecule has 0 aliphatic carbocycles. The van der Waals surface area contributed by atoms with Gasteiger partial charge in [-0.1, -0.05) is 28.1 Å². The summed E-state index contributed by atoms with van der Waals surface area (Å²) in [5.41, 5.74) is 0.319. The highest BCUT2D eigenvalue weighted by Gasteiger charge is 2.42. The highest BCUT2D eigenvalue weighted by molar-refractivity contribution is 9.10.